The van der Waals surface area contributed by atoms with Gasteiger partial charge in [0, 0.05) is 5.69 Å². The molecule has 154 valence electrons. The van der Waals surface area contributed by atoms with Crippen LogP contribution in [-0.4, -0.2) is 18.2 Å². The molecule has 0 aliphatic heterocycles. The first-order chi connectivity index (χ1) is 14.5. The molecule has 0 amide bonds. The van der Waals surface area contributed by atoms with Crippen LogP contribution in [-0.2, 0) is 23.0 Å². The maximum atomic E-state index is 12.7. The minimum Gasteiger partial charge on any atom is -0.280 e. The second-order valence-electron chi connectivity index (χ2n) is 7.24. The molecular weight excluding hydrogens is 398 g/mol. The largest absolute Gasteiger partial charge is 0.280 e. The molecule has 0 fully saturated rings. The third-order valence-corrected chi connectivity index (χ3v) is 6.37. The molecular formula is C23H23N3O3S. The standard InChI is InChI=1S/C23H23N3O3S/c1-2-6-17-9-12-20(13-10-17)30(28,29)25-19-11-14-22-21(15-19)23(27)24-26(22)16-18-7-4-3-5-8-18/h3-5,7-15,25H,2,6,16H2,1H3,(H,24,27). The molecule has 4 rings (SSSR count). The van der Waals surface area contributed by atoms with Crippen LogP contribution in [0.2, 0.25) is 0 Å². The SMILES string of the molecule is CCCc1ccc(S(=O)(=O)Nc2ccc3c(c2)c(=O)[nH]n3Cc2ccccc2)cc1. The van der Waals surface area contributed by atoms with Gasteiger partial charge in [0.05, 0.1) is 22.3 Å². The molecule has 0 aliphatic carbocycles. The molecule has 0 radical (unpaired) electrons. The number of rotatable bonds is 7. The number of hydrogen-bond acceptors (Lipinski definition) is 3. The Labute approximate surface area is 175 Å². The van der Waals surface area contributed by atoms with E-state index in [1.54, 1.807) is 35.0 Å². The summed E-state index contributed by atoms with van der Waals surface area (Å²) in [5.41, 5.74) is 2.97. The van der Waals surface area contributed by atoms with Crippen molar-refractivity contribution in [2.45, 2.75) is 31.2 Å². The molecule has 30 heavy (non-hydrogen) atoms. The topological polar surface area (TPSA) is 84.0 Å². The molecule has 1 aromatic heterocycles. The fourth-order valence-corrected chi connectivity index (χ4v) is 4.54. The summed E-state index contributed by atoms with van der Waals surface area (Å²) in [5, 5.41) is 3.26. The van der Waals surface area contributed by atoms with E-state index in [1.165, 1.54) is 0 Å². The van der Waals surface area contributed by atoms with E-state index in [2.05, 4.69) is 16.7 Å². The highest BCUT2D eigenvalue weighted by Gasteiger charge is 2.15. The summed E-state index contributed by atoms with van der Waals surface area (Å²) in [4.78, 5) is 12.6. The van der Waals surface area contributed by atoms with Crippen LogP contribution in [0, 0.1) is 0 Å². The van der Waals surface area contributed by atoms with Crippen molar-refractivity contribution in [2.75, 3.05) is 4.72 Å². The first-order valence-electron chi connectivity index (χ1n) is 9.84. The molecule has 4 aromatic rings. The van der Waals surface area contributed by atoms with Gasteiger partial charge < -0.3 is 0 Å². The zero-order chi connectivity index (χ0) is 21.1. The summed E-state index contributed by atoms with van der Waals surface area (Å²) >= 11 is 0. The number of nitrogens with zero attached hydrogens (tertiary/aromatic N) is 1. The minimum atomic E-state index is -3.74. The molecule has 0 bridgehead atoms. The number of anilines is 1. The first-order valence-corrected chi connectivity index (χ1v) is 11.3. The van der Waals surface area contributed by atoms with Crippen LogP contribution >= 0.6 is 0 Å². The van der Waals surface area contributed by atoms with Gasteiger partial charge in [-0.3, -0.25) is 19.3 Å². The summed E-state index contributed by atoms with van der Waals surface area (Å²) in [5.74, 6) is 0. The number of benzene rings is 3. The normalized spacial score (nSPS) is 11.6. The Morgan fingerprint density at radius 1 is 0.933 bits per heavy atom. The van der Waals surface area contributed by atoms with Crippen LogP contribution < -0.4 is 10.3 Å². The smallest absolute Gasteiger partial charge is 0.272 e. The maximum absolute atomic E-state index is 12.7. The van der Waals surface area contributed by atoms with Gasteiger partial charge in [-0.1, -0.05) is 55.8 Å². The highest BCUT2D eigenvalue weighted by molar-refractivity contribution is 7.92. The first kappa shape index (κ1) is 20.0. The number of aromatic amines is 1. The minimum absolute atomic E-state index is 0.193. The van der Waals surface area contributed by atoms with E-state index >= 15 is 0 Å². The molecule has 7 heteroatoms. The molecule has 3 aromatic carbocycles. The lowest BCUT2D eigenvalue weighted by atomic mass is 10.1. The lowest BCUT2D eigenvalue weighted by Gasteiger charge is -2.09. The second kappa shape index (κ2) is 8.20. The van der Waals surface area contributed by atoms with Crippen molar-refractivity contribution in [2.24, 2.45) is 0 Å². The Balaban J connectivity index is 1.60. The van der Waals surface area contributed by atoms with Gasteiger partial charge >= 0.3 is 0 Å². The van der Waals surface area contributed by atoms with Gasteiger partial charge in [-0.15, -0.1) is 0 Å². The van der Waals surface area contributed by atoms with Gasteiger partial charge in [-0.05, 0) is 47.9 Å². The van der Waals surface area contributed by atoms with Crippen molar-refractivity contribution in [3.63, 3.8) is 0 Å². The number of aromatic nitrogens is 2. The molecule has 0 saturated heterocycles. The number of aryl methyl sites for hydroxylation is 1. The van der Waals surface area contributed by atoms with E-state index < -0.39 is 10.0 Å². The monoisotopic (exact) mass is 421 g/mol. The van der Waals surface area contributed by atoms with E-state index in [4.69, 9.17) is 0 Å². The molecule has 0 unspecified atom stereocenters. The summed E-state index contributed by atoms with van der Waals surface area (Å²) in [6.45, 7) is 2.60. The quantitative estimate of drug-likeness (QED) is 0.471. The predicted molar refractivity (Wildman–Crippen MR) is 119 cm³/mol. The summed E-state index contributed by atoms with van der Waals surface area (Å²) in [6, 6.07) is 21.7. The highest BCUT2D eigenvalue weighted by atomic mass is 32.2. The van der Waals surface area contributed by atoms with E-state index in [-0.39, 0.29) is 10.5 Å². The van der Waals surface area contributed by atoms with Crippen LogP contribution in [0.4, 0.5) is 5.69 Å². The summed E-state index contributed by atoms with van der Waals surface area (Å²) in [6.07, 6.45) is 1.91. The number of H-pyrrole nitrogens is 1. The highest BCUT2D eigenvalue weighted by Crippen LogP contribution is 2.21. The average Bonchev–Trinajstić information content (AvgIpc) is 3.04. The molecule has 0 aliphatic rings. The second-order valence-corrected chi connectivity index (χ2v) is 8.93. The Morgan fingerprint density at radius 3 is 2.37 bits per heavy atom. The maximum Gasteiger partial charge on any atom is 0.272 e. The molecule has 2 N–H and O–H groups in total. The van der Waals surface area contributed by atoms with E-state index in [1.807, 2.05) is 42.5 Å². The number of hydrogen-bond donors (Lipinski definition) is 2. The number of fused-ring (bicyclic) bond motifs is 1. The molecule has 1 heterocycles. The zero-order valence-corrected chi connectivity index (χ0v) is 17.4. The van der Waals surface area contributed by atoms with Crippen molar-refractivity contribution in [3.8, 4) is 0 Å². The van der Waals surface area contributed by atoms with Gasteiger partial charge in [-0.25, -0.2) is 8.42 Å². The van der Waals surface area contributed by atoms with Crippen LogP contribution in [0.5, 0.6) is 0 Å². The average molecular weight is 422 g/mol. The van der Waals surface area contributed by atoms with Crippen molar-refractivity contribution < 1.29 is 8.42 Å². The Morgan fingerprint density at radius 2 is 1.67 bits per heavy atom. The van der Waals surface area contributed by atoms with Crippen LogP contribution in [0.15, 0.2) is 82.5 Å². The van der Waals surface area contributed by atoms with Gasteiger partial charge in [0.2, 0.25) is 0 Å². The molecule has 6 nitrogen and oxygen atoms in total. The van der Waals surface area contributed by atoms with E-state index in [9.17, 15) is 13.2 Å². The van der Waals surface area contributed by atoms with Gasteiger partial charge in [0.25, 0.3) is 15.6 Å². The number of nitrogens with one attached hydrogen (secondary N) is 2. The molecule has 0 spiro atoms. The summed E-state index contributed by atoms with van der Waals surface area (Å²) in [7, 11) is -3.74. The molecule has 0 saturated carbocycles. The third kappa shape index (κ3) is 4.16. The zero-order valence-electron chi connectivity index (χ0n) is 16.6. The van der Waals surface area contributed by atoms with Gasteiger partial charge in [0.1, 0.15) is 0 Å². The number of sulfonamides is 1. The Kier molecular flexibility index (Phi) is 5.46. The van der Waals surface area contributed by atoms with Crippen molar-refractivity contribution in [3.05, 3.63) is 94.3 Å². The van der Waals surface area contributed by atoms with Crippen molar-refractivity contribution in [1.29, 1.82) is 0 Å². The Hall–Kier alpha value is -3.32. The van der Waals surface area contributed by atoms with Crippen molar-refractivity contribution in [1.82, 2.24) is 9.78 Å². The van der Waals surface area contributed by atoms with Crippen LogP contribution in [0.3, 0.4) is 0 Å². The van der Waals surface area contributed by atoms with Crippen LogP contribution in [0.1, 0.15) is 24.5 Å². The fraction of sp³-hybridized carbons (Fsp3) is 0.174. The lowest BCUT2D eigenvalue weighted by molar-refractivity contribution is 0.601. The van der Waals surface area contributed by atoms with E-state index in [0.717, 1.165) is 29.5 Å². The lowest BCUT2D eigenvalue weighted by Crippen LogP contribution is -2.13. The van der Waals surface area contributed by atoms with Crippen molar-refractivity contribution >= 4 is 26.6 Å². The van der Waals surface area contributed by atoms with Gasteiger partial charge in [0.15, 0.2) is 0 Å². The van der Waals surface area contributed by atoms with Crippen LogP contribution in [0.25, 0.3) is 10.9 Å². The fourth-order valence-electron chi connectivity index (χ4n) is 3.49. The molecule has 0 atom stereocenters. The predicted octanol–water partition coefficient (Wildman–Crippen LogP) is 4.13. The third-order valence-electron chi connectivity index (χ3n) is 4.98. The summed E-state index contributed by atoms with van der Waals surface area (Å²) < 4.78 is 29.8. The van der Waals surface area contributed by atoms with E-state index in [0.29, 0.717) is 17.6 Å². The van der Waals surface area contributed by atoms with Gasteiger partial charge in [-0.2, -0.15) is 0 Å². The Bertz CT molecular complexity index is 1320.